The summed E-state index contributed by atoms with van der Waals surface area (Å²) in [6.45, 7) is 3.85. The summed E-state index contributed by atoms with van der Waals surface area (Å²) in [6.07, 6.45) is 1.64. The smallest absolute Gasteiger partial charge is 0.326 e. The Bertz CT molecular complexity index is 742. The van der Waals surface area contributed by atoms with E-state index in [1.807, 2.05) is 37.3 Å². The van der Waals surface area contributed by atoms with Crippen LogP contribution in [0.4, 0.5) is 16.2 Å². The largest absolute Gasteiger partial charge is 0.493 e. The Morgan fingerprint density at radius 3 is 2.75 bits per heavy atom. The van der Waals surface area contributed by atoms with E-state index in [9.17, 15) is 4.79 Å². The lowest BCUT2D eigenvalue weighted by Gasteiger charge is -2.23. The van der Waals surface area contributed by atoms with Crippen molar-refractivity contribution in [2.45, 2.75) is 19.8 Å². The molecule has 0 saturated carbocycles. The third-order valence-corrected chi connectivity index (χ3v) is 4.51. The summed E-state index contributed by atoms with van der Waals surface area (Å²) in [5.41, 5.74) is 3.79. The van der Waals surface area contributed by atoms with E-state index in [0.717, 1.165) is 46.8 Å². The molecule has 5 heteroatoms. The molecule has 0 atom stereocenters. The van der Waals surface area contributed by atoms with Crippen LogP contribution < -0.4 is 19.7 Å². The first-order valence-corrected chi connectivity index (χ1v) is 8.36. The Kier molecular flexibility index (Phi) is 3.76. The van der Waals surface area contributed by atoms with Gasteiger partial charge in [0.15, 0.2) is 0 Å². The van der Waals surface area contributed by atoms with Gasteiger partial charge in [0.1, 0.15) is 11.5 Å². The van der Waals surface area contributed by atoms with E-state index in [4.69, 9.17) is 9.47 Å². The molecule has 2 heterocycles. The van der Waals surface area contributed by atoms with Gasteiger partial charge in [0.25, 0.3) is 0 Å². The normalized spacial score (nSPS) is 14.4. The van der Waals surface area contributed by atoms with Crippen LogP contribution in [0.1, 0.15) is 18.1 Å². The average Bonchev–Trinajstić information content (AvgIpc) is 3.25. The van der Waals surface area contributed by atoms with Crippen molar-refractivity contribution in [1.29, 1.82) is 0 Å². The second-order valence-electron chi connectivity index (χ2n) is 5.92. The molecule has 0 saturated heterocycles. The van der Waals surface area contributed by atoms with Crippen LogP contribution in [0.3, 0.4) is 0 Å². The summed E-state index contributed by atoms with van der Waals surface area (Å²) < 4.78 is 11.5. The number of carbonyl (C=O) groups excluding carboxylic acids is 1. The molecule has 2 aromatic carbocycles. The Hall–Kier alpha value is -2.69. The van der Waals surface area contributed by atoms with Gasteiger partial charge in [-0.05, 0) is 25.1 Å². The van der Waals surface area contributed by atoms with Crippen LogP contribution in [0.25, 0.3) is 0 Å². The number of nitrogens with zero attached hydrogens (tertiary/aromatic N) is 1. The number of hydrogen-bond acceptors (Lipinski definition) is 3. The molecule has 124 valence electrons. The number of rotatable bonds is 3. The molecule has 0 bridgehead atoms. The molecule has 0 aliphatic carbocycles. The zero-order valence-electron chi connectivity index (χ0n) is 13.7. The molecular weight excluding hydrogens is 304 g/mol. The lowest BCUT2D eigenvalue weighted by Crippen LogP contribution is -2.35. The predicted molar refractivity (Wildman–Crippen MR) is 93.3 cm³/mol. The van der Waals surface area contributed by atoms with E-state index in [-0.39, 0.29) is 6.03 Å². The number of nitrogens with one attached hydrogen (secondary N) is 1. The lowest BCUT2D eigenvalue weighted by molar-refractivity contribution is 0.257. The standard InChI is InChI=1S/C19H20N2O3/c1-2-21(14-6-4-3-5-7-14)19(22)20-17-15-9-11-23-16(15)12-13-8-10-24-18(13)17/h3-7,12H,2,8-11H2,1H3,(H,20,22). The van der Waals surface area contributed by atoms with E-state index in [0.29, 0.717) is 19.8 Å². The lowest BCUT2D eigenvalue weighted by atomic mass is 10.0. The van der Waals surface area contributed by atoms with Crippen LogP contribution >= 0.6 is 0 Å². The van der Waals surface area contributed by atoms with Gasteiger partial charge >= 0.3 is 6.03 Å². The highest BCUT2D eigenvalue weighted by atomic mass is 16.5. The van der Waals surface area contributed by atoms with Crippen molar-refractivity contribution in [3.8, 4) is 11.5 Å². The quantitative estimate of drug-likeness (QED) is 0.938. The average molecular weight is 324 g/mol. The minimum absolute atomic E-state index is 0.151. The Morgan fingerprint density at radius 2 is 1.96 bits per heavy atom. The van der Waals surface area contributed by atoms with Crippen LogP contribution in [-0.2, 0) is 12.8 Å². The van der Waals surface area contributed by atoms with Crippen LogP contribution in [0.2, 0.25) is 0 Å². The first-order chi connectivity index (χ1) is 11.8. The molecular formula is C19H20N2O3. The Labute approximate surface area is 141 Å². The van der Waals surface area contributed by atoms with Gasteiger partial charge in [0, 0.05) is 36.2 Å². The fourth-order valence-corrected chi connectivity index (χ4v) is 3.34. The monoisotopic (exact) mass is 324 g/mol. The molecule has 0 unspecified atom stereocenters. The highest BCUT2D eigenvalue weighted by Gasteiger charge is 2.28. The molecule has 2 aliphatic heterocycles. The van der Waals surface area contributed by atoms with E-state index >= 15 is 0 Å². The topological polar surface area (TPSA) is 50.8 Å². The van der Waals surface area contributed by atoms with Crippen LogP contribution in [0.5, 0.6) is 11.5 Å². The predicted octanol–water partition coefficient (Wildman–Crippen LogP) is 3.61. The molecule has 5 nitrogen and oxygen atoms in total. The molecule has 0 fully saturated rings. The molecule has 2 aliphatic rings. The van der Waals surface area contributed by atoms with E-state index in [1.165, 1.54) is 0 Å². The molecule has 0 radical (unpaired) electrons. The number of amides is 2. The number of fused-ring (bicyclic) bond motifs is 2. The molecule has 0 aromatic heterocycles. The molecule has 24 heavy (non-hydrogen) atoms. The van der Waals surface area contributed by atoms with Gasteiger partial charge in [-0.25, -0.2) is 4.79 Å². The summed E-state index contributed by atoms with van der Waals surface area (Å²) in [6, 6.07) is 11.6. The van der Waals surface area contributed by atoms with Crippen molar-refractivity contribution >= 4 is 17.4 Å². The van der Waals surface area contributed by atoms with Crippen molar-refractivity contribution in [2.75, 3.05) is 30.0 Å². The summed E-state index contributed by atoms with van der Waals surface area (Å²) in [5.74, 6) is 1.68. The van der Waals surface area contributed by atoms with Gasteiger partial charge in [0.05, 0.1) is 18.9 Å². The van der Waals surface area contributed by atoms with Gasteiger partial charge in [-0.2, -0.15) is 0 Å². The maximum absolute atomic E-state index is 12.9. The van der Waals surface area contributed by atoms with Gasteiger partial charge in [-0.1, -0.05) is 18.2 Å². The van der Waals surface area contributed by atoms with Crippen molar-refractivity contribution < 1.29 is 14.3 Å². The highest BCUT2D eigenvalue weighted by molar-refractivity contribution is 6.03. The molecule has 4 rings (SSSR count). The number of carbonyl (C=O) groups is 1. The third kappa shape index (κ3) is 2.46. The second-order valence-corrected chi connectivity index (χ2v) is 5.92. The summed E-state index contributed by atoms with van der Waals surface area (Å²) in [5, 5.41) is 3.07. The number of ether oxygens (including phenoxy) is 2. The SMILES string of the molecule is CCN(C(=O)Nc1c2c(cc3c1OCC3)OCC2)c1ccccc1. The Balaban J connectivity index is 1.67. The number of benzene rings is 2. The molecule has 1 N–H and O–H groups in total. The van der Waals surface area contributed by atoms with Gasteiger partial charge < -0.3 is 14.8 Å². The summed E-state index contributed by atoms with van der Waals surface area (Å²) in [4.78, 5) is 14.6. The minimum Gasteiger partial charge on any atom is -0.493 e. The number of para-hydroxylation sites is 1. The van der Waals surface area contributed by atoms with Crippen molar-refractivity contribution in [3.05, 3.63) is 47.5 Å². The van der Waals surface area contributed by atoms with Crippen molar-refractivity contribution in [3.63, 3.8) is 0 Å². The second kappa shape index (κ2) is 6.07. The molecule has 2 amide bonds. The minimum atomic E-state index is -0.151. The van der Waals surface area contributed by atoms with Crippen LogP contribution in [0.15, 0.2) is 36.4 Å². The fraction of sp³-hybridized carbons (Fsp3) is 0.316. The first kappa shape index (κ1) is 14.9. The summed E-state index contributed by atoms with van der Waals surface area (Å²) >= 11 is 0. The van der Waals surface area contributed by atoms with Gasteiger partial charge in [0.2, 0.25) is 0 Å². The summed E-state index contributed by atoms with van der Waals surface area (Å²) in [7, 11) is 0. The maximum Gasteiger partial charge on any atom is 0.326 e. The Morgan fingerprint density at radius 1 is 1.17 bits per heavy atom. The van der Waals surface area contributed by atoms with E-state index < -0.39 is 0 Å². The van der Waals surface area contributed by atoms with Crippen molar-refractivity contribution in [1.82, 2.24) is 0 Å². The van der Waals surface area contributed by atoms with E-state index in [2.05, 4.69) is 11.4 Å². The first-order valence-electron chi connectivity index (χ1n) is 8.36. The van der Waals surface area contributed by atoms with Crippen LogP contribution in [0, 0.1) is 0 Å². The maximum atomic E-state index is 12.9. The molecule has 0 spiro atoms. The van der Waals surface area contributed by atoms with Gasteiger partial charge in [-0.15, -0.1) is 0 Å². The van der Waals surface area contributed by atoms with Crippen molar-refractivity contribution in [2.24, 2.45) is 0 Å². The third-order valence-electron chi connectivity index (χ3n) is 4.51. The number of hydrogen-bond donors (Lipinski definition) is 1. The number of urea groups is 1. The number of anilines is 2. The highest BCUT2D eigenvalue weighted by Crippen LogP contribution is 2.44. The van der Waals surface area contributed by atoms with Crippen LogP contribution in [-0.4, -0.2) is 25.8 Å². The zero-order valence-corrected chi connectivity index (χ0v) is 13.7. The fourth-order valence-electron chi connectivity index (χ4n) is 3.34. The zero-order chi connectivity index (χ0) is 16.5. The van der Waals surface area contributed by atoms with E-state index in [1.54, 1.807) is 4.90 Å². The molecule has 2 aromatic rings. The van der Waals surface area contributed by atoms with Gasteiger partial charge in [-0.3, -0.25) is 4.90 Å².